The predicted octanol–water partition coefficient (Wildman–Crippen LogP) is 2.06. The summed E-state index contributed by atoms with van der Waals surface area (Å²) < 4.78 is 0. The van der Waals surface area contributed by atoms with Crippen molar-refractivity contribution in [2.24, 2.45) is 5.92 Å². The lowest BCUT2D eigenvalue weighted by molar-refractivity contribution is 0.639. The van der Waals surface area contributed by atoms with Crippen LogP contribution in [0.2, 0.25) is 0 Å². The van der Waals surface area contributed by atoms with Crippen LogP contribution in [0.25, 0.3) is 0 Å². The van der Waals surface area contributed by atoms with E-state index < -0.39 is 0 Å². The molecule has 0 aliphatic carbocycles. The maximum Gasteiger partial charge on any atom is 0.266 e. The Morgan fingerprint density at radius 2 is 2.00 bits per heavy atom. The van der Waals surface area contributed by atoms with Gasteiger partial charge in [0.1, 0.15) is 11.6 Å². The van der Waals surface area contributed by atoms with E-state index in [0.29, 0.717) is 5.92 Å². The van der Waals surface area contributed by atoms with Crippen molar-refractivity contribution in [1.82, 2.24) is 4.98 Å². The molecule has 3 nitrogen and oxygen atoms in total. The summed E-state index contributed by atoms with van der Waals surface area (Å²) in [6.45, 7) is 7.97. The van der Waals surface area contributed by atoms with E-state index in [4.69, 9.17) is 5.26 Å². The highest BCUT2D eigenvalue weighted by Crippen LogP contribution is 2.16. The van der Waals surface area contributed by atoms with E-state index >= 15 is 0 Å². The van der Waals surface area contributed by atoms with Crippen LogP contribution in [-0.4, -0.2) is 4.98 Å². The van der Waals surface area contributed by atoms with Crippen LogP contribution in [0.1, 0.15) is 36.2 Å². The molecule has 0 aliphatic heterocycles. The van der Waals surface area contributed by atoms with E-state index in [1.807, 2.05) is 19.9 Å². The van der Waals surface area contributed by atoms with Crippen LogP contribution in [-0.2, 0) is 6.42 Å². The van der Waals surface area contributed by atoms with E-state index in [1.54, 1.807) is 0 Å². The molecule has 0 aromatic carbocycles. The van der Waals surface area contributed by atoms with Crippen molar-refractivity contribution in [3.8, 4) is 6.07 Å². The van der Waals surface area contributed by atoms with Gasteiger partial charge in [0.05, 0.1) is 0 Å². The van der Waals surface area contributed by atoms with Gasteiger partial charge in [-0.3, -0.25) is 4.79 Å². The van der Waals surface area contributed by atoms with Crippen LogP contribution in [0.3, 0.4) is 0 Å². The number of aromatic nitrogens is 1. The molecule has 1 heterocycles. The van der Waals surface area contributed by atoms with Crippen LogP contribution in [0.15, 0.2) is 4.79 Å². The summed E-state index contributed by atoms with van der Waals surface area (Å²) in [4.78, 5) is 14.2. The molecule has 0 unspecified atom stereocenters. The third kappa shape index (κ3) is 2.27. The molecule has 80 valence electrons. The van der Waals surface area contributed by atoms with E-state index in [9.17, 15) is 4.79 Å². The summed E-state index contributed by atoms with van der Waals surface area (Å²) in [6.07, 6.45) is 0.892. The normalized spacial score (nSPS) is 10.4. The highest BCUT2D eigenvalue weighted by molar-refractivity contribution is 5.42. The van der Waals surface area contributed by atoms with Crippen molar-refractivity contribution in [3.63, 3.8) is 0 Å². The van der Waals surface area contributed by atoms with Gasteiger partial charge in [-0.2, -0.15) is 5.26 Å². The SMILES string of the molecule is Cc1[nH]c(=O)c(C#N)c(C)c1CC(C)C. The highest BCUT2D eigenvalue weighted by Gasteiger charge is 2.12. The lowest BCUT2D eigenvalue weighted by Gasteiger charge is -2.12. The minimum absolute atomic E-state index is 0.247. The molecule has 1 aromatic rings. The Morgan fingerprint density at radius 3 is 2.47 bits per heavy atom. The van der Waals surface area contributed by atoms with Crippen LogP contribution >= 0.6 is 0 Å². The van der Waals surface area contributed by atoms with Crippen LogP contribution in [0, 0.1) is 31.1 Å². The molecular weight excluding hydrogens is 188 g/mol. The fraction of sp³-hybridized carbons (Fsp3) is 0.500. The monoisotopic (exact) mass is 204 g/mol. The van der Waals surface area contributed by atoms with Crippen molar-refractivity contribution in [1.29, 1.82) is 5.26 Å². The van der Waals surface area contributed by atoms with Crippen molar-refractivity contribution >= 4 is 0 Å². The summed E-state index contributed by atoms with van der Waals surface area (Å²) in [6, 6.07) is 1.96. The van der Waals surface area contributed by atoms with Crippen LogP contribution in [0.4, 0.5) is 0 Å². The first-order valence-electron chi connectivity index (χ1n) is 5.09. The lowest BCUT2D eigenvalue weighted by Crippen LogP contribution is -2.17. The highest BCUT2D eigenvalue weighted by atomic mass is 16.1. The van der Waals surface area contributed by atoms with Gasteiger partial charge in [0, 0.05) is 5.69 Å². The maximum atomic E-state index is 11.5. The Kier molecular flexibility index (Phi) is 3.31. The Morgan fingerprint density at radius 1 is 1.40 bits per heavy atom. The van der Waals surface area contributed by atoms with Gasteiger partial charge in [-0.1, -0.05) is 13.8 Å². The molecule has 0 aliphatic rings. The molecule has 0 amide bonds. The molecule has 1 N–H and O–H groups in total. The topological polar surface area (TPSA) is 56.6 Å². The third-order valence-electron chi connectivity index (χ3n) is 2.53. The summed E-state index contributed by atoms with van der Waals surface area (Å²) in [7, 11) is 0. The third-order valence-corrected chi connectivity index (χ3v) is 2.53. The van der Waals surface area contributed by atoms with Crippen molar-refractivity contribution in [2.45, 2.75) is 34.1 Å². The van der Waals surface area contributed by atoms with Gasteiger partial charge < -0.3 is 4.98 Å². The number of aryl methyl sites for hydroxylation is 1. The van der Waals surface area contributed by atoms with Crippen molar-refractivity contribution in [3.05, 3.63) is 32.7 Å². The number of nitriles is 1. The van der Waals surface area contributed by atoms with E-state index in [1.165, 1.54) is 0 Å². The molecule has 0 saturated carbocycles. The lowest BCUT2D eigenvalue weighted by atomic mass is 9.95. The minimum atomic E-state index is -0.278. The fourth-order valence-corrected chi connectivity index (χ4v) is 1.76. The largest absolute Gasteiger partial charge is 0.325 e. The first-order valence-corrected chi connectivity index (χ1v) is 5.09. The number of pyridine rings is 1. The first-order chi connectivity index (χ1) is 6.97. The number of rotatable bonds is 2. The van der Waals surface area contributed by atoms with Gasteiger partial charge in [0.25, 0.3) is 5.56 Å². The number of H-pyrrole nitrogens is 1. The number of hydrogen-bond acceptors (Lipinski definition) is 2. The summed E-state index contributed by atoms with van der Waals surface area (Å²) in [5.41, 5.74) is 2.77. The molecule has 3 heteroatoms. The molecule has 0 radical (unpaired) electrons. The zero-order valence-electron chi connectivity index (χ0n) is 9.64. The van der Waals surface area contributed by atoms with E-state index in [2.05, 4.69) is 18.8 Å². The molecule has 1 rings (SSSR count). The molecule has 0 spiro atoms. The Hall–Kier alpha value is -1.56. The number of hydrogen-bond donors (Lipinski definition) is 1. The average Bonchev–Trinajstić information content (AvgIpc) is 2.12. The minimum Gasteiger partial charge on any atom is -0.325 e. The van der Waals surface area contributed by atoms with Gasteiger partial charge in [-0.25, -0.2) is 0 Å². The van der Waals surface area contributed by atoms with Crippen LogP contribution < -0.4 is 5.56 Å². The maximum absolute atomic E-state index is 11.5. The smallest absolute Gasteiger partial charge is 0.266 e. The number of aromatic amines is 1. The molecule has 15 heavy (non-hydrogen) atoms. The molecule has 0 bridgehead atoms. The second-order valence-electron chi connectivity index (χ2n) is 4.27. The molecule has 1 aromatic heterocycles. The van der Waals surface area contributed by atoms with E-state index in [0.717, 1.165) is 23.2 Å². The van der Waals surface area contributed by atoms with Gasteiger partial charge in [-0.05, 0) is 37.3 Å². The van der Waals surface area contributed by atoms with Crippen LogP contribution in [0.5, 0.6) is 0 Å². The Labute approximate surface area is 89.8 Å². The first kappa shape index (κ1) is 11.5. The second kappa shape index (κ2) is 4.31. The van der Waals surface area contributed by atoms with Crippen molar-refractivity contribution in [2.75, 3.05) is 0 Å². The predicted molar refractivity (Wildman–Crippen MR) is 59.8 cm³/mol. The second-order valence-corrected chi connectivity index (χ2v) is 4.27. The molecule has 0 saturated heterocycles. The fourth-order valence-electron chi connectivity index (χ4n) is 1.76. The molecule has 0 atom stereocenters. The zero-order valence-corrected chi connectivity index (χ0v) is 9.64. The van der Waals surface area contributed by atoms with Gasteiger partial charge >= 0.3 is 0 Å². The summed E-state index contributed by atoms with van der Waals surface area (Å²) in [5.74, 6) is 0.514. The van der Waals surface area contributed by atoms with Crippen molar-refractivity contribution < 1.29 is 0 Å². The molecule has 0 fully saturated rings. The zero-order chi connectivity index (χ0) is 11.6. The standard InChI is InChI=1S/C12H16N2O/c1-7(2)5-10-8(3)11(6-13)12(15)14-9(10)4/h7H,5H2,1-4H3,(H,14,15). The number of nitrogens with one attached hydrogen (secondary N) is 1. The summed E-state index contributed by atoms with van der Waals surface area (Å²) >= 11 is 0. The van der Waals surface area contributed by atoms with E-state index in [-0.39, 0.29) is 11.1 Å². The quantitative estimate of drug-likeness (QED) is 0.801. The molecular formula is C12H16N2O. The number of nitrogens with zero attached hydrogens (tertiary/aromatic N) is 1. The summed E-state index contributed by atoms with van der Waals surface area (Å²) in [5, 5.41) is 8.88. The van der Waals surface area contributed by atoms with Gasteiger partial charge in [0.2, 0.25) is 0 Å². The van der Waals surface area contributed by atoms with Gasteiger partial charge in [-0.15, -0.1) is 0 Å². The average molecular weight is 204 g/mol. The van der Waals surface area contributed by atoms with Gasteiger partial charge in [0.15, 0.2) is 0 Å². The Balaban J connectivity index is 3.41. The Bertz CT molecular complexity index is 464.